The minimum atomic E-state index is -0.652. The number of esters is 1. The summed E-state index contributed by atoms with van der Waals surface area (Å²) >= 11 is 3.13. The number of nitrogens with zero attached hydrogens (tertiary/aromatic N) is 1. The number of nitrogens with one attached hydrogen (secondary N) is 1. The van der Waals surface area contributed by atoms with Crippen LogP contribution in [0.4, 0.5) is 0 Å². The molecule has 0 aliphatic rings. The number of ether oxygens (including phenoxy) is 1. The van der Waals surface area contributed by atoms with Gasteiger partial charge < -0.3 is 9.72 Å². The van der Waals surface area contributed by atoms with Crippen LogP contribution in [0, 0.1) is 13.8 Å². The Morgan fingerprint density at radius 1 is 1.30 bits per heavy atom. The van der Waals surface area contributed by atoms with Gasteiger partial charge in [0.25, 0.3) is 5.56 Å². The highest BCUT2D eigenvalue weighted by molar-refractivity contribution is 7.98. The fraction of sp³-hybridized carbons (Fsp3) is 0.250. The predicted molar refractivity (Wildman–Crippen MR) is 111 cm³/mol. The van der Waals surface area contributed by atoms with E-state index in [0.717, 1.165) is 20.9 Å². The number of carbonyl (C=O) groups excluding carboxylic acids is 1. The molecule has 1 aromatic carbocycles. The molecule has 0 radical (unpaired) electrons. The molecule has 0 amide bonds. The Hall–Kier alpha value is -2.38. The number of carbonyl (C=O) groups is 1. The molecule has 2 aromatic heterocycles. The zero-order chi connectivity index (χ0) is 19.6. The number of thioether (sulfide) groups is 1. The van der Waals surface area contributed by atoms with Crippen LogP contribution in [-0.2, 0) is 9.53 Å². The summed E-state index contributed by atoms with van der Waals surface area (Å²) in [7, 11) is 0. The number of hydrogen-bond donors (Lipinski definition) is 1. The molecule has 3 aromatic rings. The molecule has 5 nitrogen and oxygen atoms in total. The first-order valence-electron chi connectivity index (χ1n) is 8.41. The van der Waals surface area contributed by atoms with Crippen molar-refractivity contribution in [2.75, 3.05) is 6.26 Å². The van der Waals surface area contributed by atoms with E-state index in [4.69, 9.17) is 4.74 Å². The average molecular weight is 401 g/mol. The van der Waals surface area contributed by atoms with E-state index in [1.54, 1.807) is 24.8 Å². The van der Waals surface area contributed by atoms with Crippen molar-refractivity contribution in [2.45, 2.75) is 31.8 Å². The van der Waals surface area contributed by atoms with Crippen LogP contribution in [-0.4, -0.2) is 22.2 Å². The van der Waals surface area contributed by atoms with Crippen molar-refractivity contribution in [2.24, 2.45) is 0 Å². The average Bonchev–Trinajstić information content (AvgIpc) is 2.94. The second kappa shape index (κ2) is 8.10. The Morgan fingerprint density at radius 3 is 2.67 bits per heavy atom. The first kappa shape index (κ1) is 19.4. The van der Waals surface area contributed by atoms with Crippen molar-refractivity contribution in [3.8, 4) is 0 Å². The first-order valence-corrected chi connectivity index (χ1v) is 10.5. The molecule has 0 spiro atoms. The lowest BCUT2D eigenvalue weighted by atomic mass is 10.2. The summed E-state index contributed by atoms with van der Waals surface area (Å²) in [5.41, 5.74) is 1.65. The summed E-state index contributed by atoms with van der Waals surface area (Å²) < 4.78 is 5.39. The molecule has 0 unspecified atom stereocenters. The van der Waals surface area contributed by atoms with Crippen LogP contribution in [0.3, 0.4) is 0 Å². The first-order chi connectivity index (χ1) is 12.9. The summed E-state index contributed by atoms with van der Waals surface area (Å²) in [6.45, 7) is 5.56. The lowest BCUT2D eigenvalue weighted by Crippen LogP contribution is -2.16. The molecule has 0 fully saturated rings. The summed E-state index contributed by atoms with van der Waals surface area (Å²) in [6.07, 6.45) is 4.43. The highest BCUT2D eigenvalue weighted by Gasteiger charge is 2.17. The Bertz CT molecular complexity index is 1070. The third kappa shape index (κ3) is 4.31. The summed E-state index contributed by atoms with van der Waals surface area (Å²) in [6, 6.07) is 7.86. The van der Waals surface area contributed by atoms with Crippen molar-refractivity contribution in [1.29, 1.82) is 0 Å². The number of H-pyrrole nitrogens is 1. The van der Waals surface area contributed by atoms with Crippen LogP contribution in [0.25, 0.3) is 16.3 Å². The molecule has 27 heavy (non-hydrogen) atoms. The van der Waals surface area contributed by atoms with Gasteiger partial charge in [-0.2, -0.15) is 0 Å². The van der Waals surface area contributed by atoms with Crippen LogP contribution in [0.5, 0.6) is 0 Å². The fourth-order valence-electron chi connectivity index (χ4n) is 2.61. The summed E-state index contributed by atoms with van der Waals surface area (Å²) in [5.74, 6) is -0.141. The maximum absolute atomic E-state index is 12.3. The summed E-state index contributed by atoms with van der Waals surface area (Å²) in [4.78, 5) is 34.5. The van der Waals surface area contributed by atoms with Gasteiger partial charge in [0, 0.05) is 15.8 Å². The maximum atomic E-state index is 12.3. The molecule has 7 heteroatoms. The molecule has 0 aliphatic heterocycles. The number of thiophene rings is 1. The molecule has 1 N–H and O–H groups in total. The molecule has 0 saturated carbocycles. The van der Waals surface area contributed by atoms with E-state index in [-0.39, 0.29) is 5.56 Å². The predicted octanol–water partition coefficient (Wildman–Crippen LogP) is 4.64. The number of aromatic nitrogens is 2. The van der Waals surface area contributed by atoms with Gasteiger partial charge in [-0.05, 0) is 56.4 Å². The standard InChI is InChI=1S/C20H20N2O3S2/c1-11-13(3)27-20-17(11)19(24)21-18(22-20)12(2)25-16(23)10-7-14-5-8-15(26-4)9-6-14/h5-10,12H,1-4H3,(H,21,22,24)/b10-7+/t12-/m0/s1. The van der Waals surface area contributed by atoms with E-state index >= 15 is 0 Å². The normalized spacial score (nSPS) is 12.6. The largest absolute Gasteiger partial charge is 0.451 e. The Kier molecular flexibility index (Phi) is 5.82. The smallest absolute Gasteiger partial charge is 0.331 e. The Morgan fingerprint density at radius 2 is 2.00 bits per heavy atom. The molecule has 140 valence electrons. The van der Waals surface area contributed by atoms with E-state index in [1.807, 2.05) is 44.4 Å². The maximum Gasteiger partial charge on any atom is 0.331 e. The second-order valence-corrected chi connectivity index (χ2v) is 8.18. The number of aromatic amines is 1. The van der Waals surface area contributed by atoms with Gasteiger partial charge in [0.1, 0.15) is 4.83 Å². The number of aryl methyl sites for hydroxylation is 2. The minimum Gasteiger partial charge on any atom is -0.451 e. The molecule has 0 aliphatic carbocycles. The lowest BCUT2D eigenvalue weighted by molar-refractivity contribution is -0.142. The van der Waals surface area contributed by atoms with Crippen molar-refractivity contribution in [3.63, 3.8) is 0 Å². The van der Waals surface area contributed by atoms with Gasteiger partial charge in [0.15, 0.2) is 11.9 Å². The third-order valence-electron chi connectivity index (χ3n) is 4.26. The molecule has 0 saturated heterocycles. The molecule has 2 heterocycles. The number of benzene rings is 1. The zero-order valence-electron chi connectivity index (χ0n) is 15.5. The van der Waals surface area contributed by atoms with E-state index in [9.17, 15) is 9.59 Å². The second-order valence-electron chi connectivity index (χ2n) is 6.10. The Balaban J connectivity index is 1.73. The van der Waals surface area contributed by atoms with E-state index in [1.165, 1.54) is 17.4 Å². The topological polar surface area (TPSA) is 72.0 Å². The van der Waals surface area contributed by atoms with Gasteiger partial charge in [0.05, 0.1) is 5.39 Å². The molecule has 3 rings (SSSR count). The van der Waals surface area contributed by atoms with Crippen LogP contribution in [0.15, 0.2) is 40.0 Å². The van der Waals surface area contributed by atoms with E-state index in [0.29, 0.717) is 16.0 Å². The van der Waals surface area contributed by atoms with Crippen molar-refractivity contribution >= 4 is 45.4 Å². The van der Waals surface area contributed by atoms with E-state index < -0.39 is 12.1 Å². The highest BCUT2D eigenvalue weighted by Crippen LogP contribution is 2.27. The number of hydrogen-bond acceptors (Lipinski definition) is 6. The van der Waals surface area contributed by atoms with Gasteiger partial charge in [0.2, 0.25) is 0 Å². The van der Waals surface area contributed by atoms with Crippen molar-refractivity contribution in [1.82, 2.24) is 9.97 Å². The van der Waals surface area contributed by atoms with Gasteiger partial charge in [-0.3, -0.25) is 4.79 Å². The quantitative estimate of drug-likeness (QED) is 0.384. The fourth-order valence-corrected chi connectivity index (χ4v) is 4.06. The minimum absolute atomic E-state index is 0.204. The van der Waals surface area contributed by atoms with Crippen molar-refractivity contribution < 1.29 is 9.53 Å². The molecule has 1 atom stereocenters. The number of rotatable bonds is 5. The highest BCUT2D eigenvalue weighted by atomic mass is 32.2. The van der Waals surface area contributed by atoms with Gasteiger partial charge in [-0.25, -0.2) is 9.78 Å². The van der Waals surface area contributed by atoms with Gasteiger partial charge in [-0.15, -0.1) is 23.1 Å². The molecular weight excluding hydrogens is 380 g/mol. The molecular formula is C20H20N2O3S2. The van der Waals surface area contributed by atoms with Gasteiger partial charge >= 0.3 is 5.97 Å². The van der Waals surface area contributed by atoms with Crippen LogP contribution >= 0.6 is 23.1 Å². The van der Waals surface area contributed by atoms with Crippen LogP contribution < -0.4 is 5.56 Å². The van der Waals surface area contributed by atoms with Crippen LogP contribution in [0.1, 0.15) is 34.9 Å². The van der Waals surface area contributed by atoms with E-state index in [2.05, 4.69) is 9.97 Å². The van der Waals surface area contributed by atoms with Gasteiger partial charge in [-0.1, -0.05) is 12.1 Å². The lowest BCUT2D eigenvalue weighted by Gasteiger charge is -2.11. The number of fused-ring (bicyclic) bond motifs is 1. The SMILES string of the molecule is CSc1ccc(/C=C/C(=O)O[C@@H](C)c2nc3sc(C)c(C)c3c(=O)[nH]2)cc1. The summed E-state index contributed by atoms with van der Waals surface area (Å²) in [5, 5.41) is 0.605. The van der Waals surface area contributed by atoms with Crippen molar-refractivity contribution in [3.05, 3.63) is 62.5 Å². The molecule has 0 bridgehead atoms. The third-order valence-corrected chi connectivity index (χ3v) is 6.11. The Labute approximate surface area is 165 Å². The monoisotopic (exact) mass is 400 g/mol. The zero-order valence-corrected chi connectivity index (χ0v) is 17.2. The van der Waals surface area contributed by atoms with Crippen LogP contribution in [0.2, 0.25) is 0 Å².